The van der Waals surface area contributed by atoms with Crippen LogP contribution in [0.3, 0.4) is 0 Å². The Kier molecular flexibility index (Phi) is 4.56. The van der Waals surface area contributed by atoms with Crippen LogP contribution in [0.1, 0.15) is 22.5 Å². The van der Waals surface area contributed by atoms with Crippen LogP contribution in [-0.4, -0.2) is 26.4 Å². The number of fused-ring (bicyclic) bond motifs is 1. The number of thiazole rings is 1. The van der Waals surface area contributed by atoms with Crippen molar-refractivity contribution >= 4 is 17.3 Å². The van der Waals surface area contributed by atoms with Crippen LogP contribution in [0.2, 0.25) is 0 Å². The van der Waals surface area contributed by atoms with E-state index in [1.54, 1.807) is 6.20 Å². The number of benzene rings is 1. The van der Waals surface area contributed by atoms with Crippen LogP contribution >= 0.6 is 11.3 Å². The molecule has 0 bridgehead atoms. The second-order valence-electron chi connectivity index (χ2n) is 6.38. The van der Waals surface area contributed by atoms with Gasteiger partial charge in [0.1, 0.15) is 5.01 Å². The predicted molar refractivity (Wildman–Crippen MR) is 96.8 cm³/mol. The van der Waals surface area contributed by atoms with Gasteiger partial charge >= 0.3 is 6.18 Å². The van der Waals surface area contributed by atoms with Crippen LogP contribution in [0.5, 0.6) is 0 Å². The number of rotatable bonds is 3. The highest BCUT2D eigenvalue weighted by atomic mass is 32.1. The van der Waals surface area contributed by atoms with E-state index < -0.39 is 11.7 Å². The van der Waals surface area contributed by atoms with Gasteiger partial charge in [-0.2, -0.15) is 13.2 Å². The molecule has 0 saturated carbocycles. The lowest BCUT2D eigenvalue weighted by Crippen LogP contribution is -2.31. The molecular formula is C18H16F3N5S. The monoisotopic (exact) mass is 391 g/mol. The molecule has 0 unspecified atom stereocenters. The van der Waals surface area contributed by atoms with Gasteiger partial charge < -0.3 is 5.73 Å². The molecule has 2 aromatic heterocycles. The fourth-order valence-electron chi connectivity index (χ4n) is 3.07. The highest BCUT2D eigenvalue weighted by molar-refractivity contribution is 7.13. The number of alkyl halides is 3. The number of nitrogens with two attached hydrogens (primary N) is 1. The predicted octanol–water partition coefficient (Wildman–Crippen LogP) is 3.76. The van der Waals surface area contributed by atoms with Crippen molar-refractivity contribution in [2.45, 2.75) is 25.7 Å². The van der Waals surface area contributed by atoms with Gasteiger partial charge in [-0.1, -0.05) is 12.1 Å². The molecule has 0 radical (unpaired) electrons. The summed E-state index contributed by atoms with van der Waals surface area (Å²) >= 11 is 1.43. The van der Waals surface area contributed by atoms with E-state index in [4.69, 9.17) is 5.73 Å². The summed E-state index contributed by atoms with van der Waals surface area (Å²) in [7, 11) is 0. The van der Waals surface area contributed by atoms with Crippen molar-refractivity contribution in [3.8, 4) is 10.6 Å². The average molecular weight is 391 g/mol. The number of nitrogens with zero attached hydrogens (tertiary/aromatic N) is 4. The van der Waals surface area contributed by atoms with E-state index in [-0.39, 0.29) is 0 Å². The average Bonchev–Trinajstić information content (AvgIpc) is 3.10. The fourth-order valence-corrected chi connectivity index (χ4v) is 3.89. The Morgan fingerprint density at radius 3 is 2.67 bits per heavy atom. The first kappa shape index (κ1) is 17.9. The van der Waals surface area contributed by atoms with E-state index in [0.29, 0.717) is 23.1 Å². The Morgan fingerprint density at radius 1 is 1.15 bits per heavy atom. The van der Waals surface area contributed by atoms with Gasteiger partial charge in [-0.15, -0.1) is 11.3 Å². The van der Waals surface area contributed by atoms with Gasteiger partial charge in [-0.05, 0) is 12.1 Å². The summed E-state index contributed by atoms with van der Waals surface area (Å²) in [6.07, 6.45) is -1.76. The lowest BCUT2D eigenvalue weighted by atomic mass is 10.1. The minimum absolute atomic E-state index is 0.294. The van der Waals surface area contributed by atoms with E-state index >= 15 is 0 Å². The van der Waals surface area contributed by atoms with Gasteiger partial charge in [0.15, 0.2) is 0 Å². The van der Waals surface area contributed by atoms with E-state index in [2.05, 4.69) is 19.9 Å². The minimum atomic E-state index is -4.33. The van der Waals surface area contributed by atoms with E-state index in [1.807, 2.05) is 5.38 Å². The maximum atomic E-state index is 12.7. The zero-order valence-corrected chi connectivity index (χ0v) is 15.0. The molecule has 5 nitrogen and oxygen atoms in total. The molecule has 140 valence electrons. The molecule has 3 heterocycles. The first-order chi connectivity index (χ1) is 12.9. The maximum absolute atomic E-state index is 12.7. The van der Waals surface area contributed by atoms with Crippen LogP contribution < -0.4 is 5.73 Å². The number of hydrogen-bond donors (Lipinski definition) is 1. The molecule has 0 spiro atoms. The largest absolute Gasteiger partial charge is 0.416 e. The van der Waals surface area contributed by atoms with Gasteiger partial charge in [0, 0.05) is 48.8 Å². The van der Waals surface area contributed by atoms with Crippen LogP contribution in [0.4, 0.5) is 19.1 Å². The van der Waals surface area contributed by atoms with Gasteiger partial charge in [0.2, 0.25) is 5.95 Å². The molecule has 0 saturated heterocycles. The molecule has 3 aromatic rings. The summed E-state index contributed by atoms with van der Waals surface area (Å²) in [6, 6.07) is 5.10. The van der Waals surface area contributed by atoms with Crippen molar-refractivity contribution in [2.75, 3.05) is 12.3 Å². The van der Waals surface area contributed by atoms with Crippen molar-refractivity contribution in [1.82, 2.24) is 19.9 Å². The molecule has 0 amide bonds. The molecule has 27 heavy (non-hydrogen) atoms. The summed E-state index contributed by atoms with van der Waals surface area (Å²) in [5, 5.41) is 2.66. The third-order valence-corrected chi connectivity index (χ3v) is 5.37. The summed E-state index contributed by atoms with van der Waals surface area (Å²) < 4.78 is 38.0. The third-order valence-electron chi connectivity index (χ3n) is 4.43. The summed E-state index contributed by atoms with van der Waals surface area (Å²) in [4.78, 5) is 15.1. The van der Waals surface area contributed by atoms with E-state index in [0.717, 1.165) is 48.6 Å². The topological polar surface area (TPSA) is 67.9 Å². The minimum Gasteiger partial charge on any atom is -0.368 e. The Bertz CT molecular complexity index is 952. The van der Waals surface area contributed by atoms with Crippen molar-refractivity contribution in [2.24, 2.45) is 0 Å². The number of nitrogen functional groups attached to an aromatic ring is 1. The Labute approximate surface area is 157 Å². The molecule has 1 aromatic carbocycles. The van der Waals surface area contributed by atoms with Crippen molar-refractivity contribution in [3.05, 3.63) is 58.4 Å². The molecule has 9 heteroatoms. The number of hydrogen-bond acceptors (Lipinski definition) is 6. The molecule has 1 aliphatic rings. The quantitative estimate of drug-likeness (QED) is 0.736. The van der Waals surface area contributed by atoms with Crippen LogP contribution in [0, 0.1) is 0 Å². The molecule has 2 N–H and O–H groups in total. The van der Waals surface area contributed by atoms with Crippen molar-refractivity contribution in [1.29, 1.82) is 0 Å². The Hall–Kier alpha value is -2.52. The lowest BCUT2D eigenvalue weighted by Gasteiger charge is -2.27. The van der Waals surface area contributed by atoms with E-state index in [1.165, 1.54) is 23.5 Å². The Balaban J connectivity index is 1.45. The fraction of sp³-hybridized carbons (Fsp3) is 0.278. The van der Waals surface area contributed by atoms with Crippen LogP contribution in [0.15, 0.2) is 35.8 Å². The second-order valence-corrected chi connectivity index (χ2v) is 7.24. The van der Waals surface area contributed by atoms with Crippen LogP contribution in [-0.2, 0) is 25.7 Å². The smallest absolute Gasteiger partial charge is 0.368 e. The number of anilines is 1. The van der Waals surface area contributed by atoms with E-state index in [9.17, 15) is 13.2 Å². The SMILES string of the molecule is Nc1ncc2c(n1)CCN(Cc1csc(-c3ccc(C(F)(F)F)cc3)n1)C2. The lowest BCUT2D eigenvalue weighted by molar-refractivity contribution is -0.137. The molecule has 0 fully saturated rings. The number of aromatic nitrogens is 3. The molecule has 1 aliphatic heterocycles. The Morgan fingerprint density at radius 2 is 1.93 bits per heavy atom. The highest BCUT2D eigenvalue weighted by Crippen LogP contribution is 2.32. The van der Waals surface area contributed by atoms with Gasteiger partial charge in [-0.25, -0.2) is 15.0 Å². The molecule has 0 atom stereocenters. The highest BCUT2D eigenvalue weighted by Gasteiger charge is 2.30. The zero-order chi connectivity index (χ0) is 19.0. The van der Waals surface area contributed by atoms with Crippen molar-refractivity contribution in [3.63, 3.8) is 0 Å². The standard InChI is InChI=1S/C18H16F3N5S/c19-18(20,21)13-3-1-11(2-4-13)16-24-14(10-27-16)9-26-6-5-15-12(8-26)7-23-17(22)25-15/h1-4,7,10H,5-6,8-9H2,(H2,22,23,25). The first-order valence-electron chi connectivity index (χ1n) is 8.33. The van der Waals surface area contributed by atoms with Crippen LogP contribution in [0.25, 0.3) is 10.6 Å². The maximum Gasteiger partial charge on any atom is 0.416 e. The normalized spacial score (nSPS) is 14.9. The molecule has 4 rings (SSSR count). The van der Waals surface area contributed by atoms with Gasteiger partial charge in [0.25, 0.3) is 0 Å². The molecule has 0 aliphatic carbocycles. The molecular weight excluding hydrogens is 375 g/mol. The van der Waals surface area contributed by atoms with Gasteiger partial charge in [0.05, 0.1) is 17.0 Å². The zero-order valence-electron chi connectivity index (χ0n) is 14.2. The third kappa shape index (κ3) is 3.93. The second kappa shape index (κ2) is 6.90. The summed E-state index contributed by atoms with van der Waals surface area (Å²) in [5.74, 6) is 0.294. The van der Waals surface area contributed by atoms with Gasteiger partial charge in [-0.3, -0.25) is 4.90 Å². The summed E-state index contributed by atoms with van der Waals surface area (Å²) in [6.45, 7) is 2.24. The van der Waals surface area contributed by atoms with Crippen molar-refractivity contribution < 1.29 is 13.2 Å². The first-order valence-corrected chi connectivity index (χ1v) is 9.21. The number of halogens is 3. The summed E-state index contributed by atoms with van der Waals surface area (Å²) in [5.41, 5.74) is 8.61.